The zero-order valence-electron chi connectivity index (χ0n) is 14.1. The molecule has 2 aromatic rings. The number of hydrogen-bond donors (Lipinski definition) is 1. The molecule has 0 saturated carbocycles. The number of nitrogens with zero attached hydrogens (tertiary/aromatic N) is 2. The monoisotopic (exact) mass is 285 g/mol. The van der Waals surface area contributed by atoms with Gasteiger partial charge in [-0.05, 0) is 52.3 Å². The van der Waals surface area contributed by atoms with Gasteiger partial charge in [-0.25, -0.2) is 0 Å². The molecule has 0 spiro atoms. The van der Waals surface area contributed by atoms with Gasteiger partial charge in [0.05, 0.1) is 12.2 Å². The second kappa shape index (κ2) is 6.44. The molecule has 0 aliphatic rings. The number of aryl methyl sites for hydroxylation is 3. The Labute approximate surface area is 128 Å². The fourth-order valence-electron chi connectivity index (χ4n) is 3.03. The van der Waals surface area contributed by atoms with Gasteiger partial charge in [-0.2, -0.15) is 5.10 Å². The van der Waals surface area contributed by atoms with E-state index in [2.05, 4.69) is 69.7 Å². The van der Waals surface area contributed by atoms with E-state index in [1.807, 2.05) is 0 Å². The molecule has 0 radical (unpaired) electrons. The fourth-order valence-corrected chi connectivity index (χ4v) is 3.03. The van der Waals surface area contributed by atoms with Gasteiger partial charge in [-0.15, -0.1) is 0 Å². The predicted octanol–water partition coefficient (Wildman–Crippen LogP) is 3.84. The van der Waals surface area contributed by atoms with Crippen LogP contribution in [0.15, 0.2) is 18.2 Å². The second-order valence-electron chi connectivity index (χ2n) is 5.95. The van der Waals surface area contributed by atoms with Crippen LogP contribution in [-0.2, 0) is 6.54 Å². The van der Waals surface area contributed by atoms with Gasteiger partial charge in [0.2, 0.25) is 0 Å². The topological polar surface area (TPSA) is 29.9 Å². The minimum Gasteiger partial charge on any atom is -0.310 e. The summed E-state index contributed by atoms with van der Waals surface area (Å²) in [6, 6.07) is 6.97. The second-order valence-corrected chi connectivity index (χ2v) is 5.95. The minimum atomic E-state index is 0.349. The molecular formula is C18H27N3. The van der Waals surface area contributed by atoms with Crippen molar-refractivity contribution >= 4 is 0 Å². The van der Waals surface area contributed by atoms with Crippen molar-refractivity contribution in [1.82, 2.24) is 15.1 Å². The number of nitrogens with one attached hydrogen (secondary N) is 1. The quantitative estimate of drug-likeness (QED) is 0.904. The van der Waals surface area contributed by atoms with E-state index in [-0.39, 0.29) is 0 Å². The van der Waals surface area contributed by atoms with Crippen LogP contribution in [0.3, 0.4) is 0 Å². The molecule has 1 aromatic carbocycles. The molecule has 3 nitrogen and oxygen atoms in total. The van der Waals surface area contributed by atoms with Crippen molar-refractivity contribution in [3.8, 4) is 0 Å². The first kappa shape index (κ1) is 15.8. The van der Waals surface area contributed by atoms with Crippen LogP contribution >= 0.6 is 0 Å². The Morgan fingerprint density at radius 2 is 1.90 bits per heavy atom. The fraction of sp³-hybridized carbons (Fsp3) is 0.500. The first-order valence-electron chi connectivity index (χ1n) is 7.77. The highest BCUT2D eigenvalue weighted by Crippen LogP contribution is 2.22. The Bertz CT molecular complexity index is 626. The third-order valence-electron chi connectivity index (χ3n) is 4.21. The van der Waals surface area contributed by atoms with E-state index in [4.69, 9.17) is 5.10 Å². The van der Waals surface area contributed by atoms with Gasteiger partial charge in [0.15, 0.2) is 0 Å². The summed E-state index contributed by atoms with van der Waals surface area (Å²) in [4.78, 5) is 0. The van der Waals surface area contributed by atoms with Crippen molar-refractivity contribution < 1.29 is 0 Å². The summed E-state index contributed by atoms with van der Waals surface area (Å²) in [5, 5.41) is 8.24. The SMILES string of the molecule is CCNC(C)c1c(C)nn(Cc2cc(C)ccc2C)c1C. The van der Waals surface area contributed by atoms with Crippen molar-refractivity contribution in [2.75, 3.05) is 6.54 Å². The Morgan fingerprint density at radius 3 is 2.57 bits per heavy atom. The molecule has 0 aliphatic heterocycles. The van der Waals surface area contributed by atoms with Gasteiger partial charge >= 0.3 is 0 Å². The van der Waals surface area contributed by atoms with Gasteiger partial charge in [0, 0.05) is 17.3 Å². The van der Waals surface area contributed by atoms with E-state index in [9.17, 15) is 0 Å². The lowest BCUT2D eigenvalue weighted by atomic mass is 10.0. The van der Waals surface area contributed by atoms with Crippen LogP contribution in [0.25, 0.3) is 0 Å². The molecule has 0 saturated heterocycles. The van der Waals surface area contributed by atoms with Crippen LogP contribution in [0, 0.1) is 27.7 Å². The summed E-state index contributed by atoms with van der Waals surface area (Å²) < 4.78 is 2.14. The summed E-state index contributed by atoms with van der Waals surface area (Å²) in [6.07, 6.45) is 0. The molecule has 114 valence electrons. The highest BCUT2D eigenvalue weighted by Gasteiger charge is 2.17. The molecule has 1 aromatic heterocycles. The zero-order chi connectivity index (χ0) is 15.6. The van der Waals surface area contributed by atoms with E-state index in [0.717, 1.165) is 18.8 Å². The average Bonchev–Trinajstić information content (AvgIpc) is 2.69. The van der Waals surface area contributed by atoms with Crippen molar-refractivity contribution in [3.63, 3.8) is 0 Å². The van der Waals surface area contributed by atoms with E-state index in [1.54, 1.807) is 0 Å². The van der Waals surface area contributed by atoms with Crippen molar-refractivity contribution in [1.29, 1.82) is 0 Å². The summed E-state index contributed by atoms with van der Waals surface area (Å²) in [7, 11) is 0. The van der Waals surface area contributed by atoms with E-state index in [1.165, 1.54) is 27.9 Å². The molecule has 1 heterocycles. The molecule has 2 rings (SSSR count). The number of hydrogen-bond acceptors (Lipinski definition) is 2. The van der Waals surface area contributed by atoms with Gasteiger partial charge < -0.3 is 5.32 Å². The predicted molar refractivity (Wildman–Crippen MR) is 88.8 cm³/mol. The van der Waals surface area contributed by atoms with Crippen molar-refractivity contribution in [3.05, 3.63) is 51.8 Å². The lowest BCUT2D eigenvalue weighted by molar-refractivity contribution is 0.589. The molecule has 21 heavy (non-hydrogen) atoms. The Morgan fingerprint density at radius 1 is 1.19 bits per heavy atom. The van der Waals surface area contributed by atoms with Crippen LogP contribution in [0.5, 0.6) is 0 Å². The first-order valence-corrected chi connectivity index (χ1v) is 7.77. The summed E-state index contributed by atoms with van der Waals surface area (Å²) in [5.41, 5.74) is 7.71. The highest BCUT2D eigenvalue weighted by atomic mass is 15.3. The molecule has 1 atom stereocenters. The van der Waals surface area contributed by atoms with Crippen LogP contribution in [-0.4, -0.2) is 16.3 Å². The summed E-state index contributed by atoms with van der Waals surface area (Å²) in [6.45, 7) is 14.8. The maximum absolute atomic E-state index is 4.76. The van der Waals surface area contributed by atoms with Gasteiger partial charge in [-0.3, -0.25) is 4.68 Å². The third kappa shape index (κ3) is 3.35. The van der Waals surface area contributed by atoms with E-state index < -0.39 is 0 Å². The Hall–Kier alpha value is -1.61. The molecule has 1 N–H and O–H groups in total. The lowest BCUT2D eigenvalue weighted by Gasteiger charge is -2.14. The maximum atomic E-state index is 4.76. The smallest absolute Gasteiger partial charge is 0.0665 e. The average molecular weight is 285 g/mol. The highest BCUT2D eigenvalue weighted by molar-refractivity contribution is 5.33. The molecule has 3 heteroatoms. The maximum Gasteiger partial charge on any atom is 0.0665 e. The molecule has 1 unspecified atom stereocenters. The molecule has 0 bridgehead atoms. The Kier molecular flexibility index (Phi) is 4.84. The Balaban J connectivity index is 2.33. The van der Waals surface area contributed by atoms with Gasteiger partial charge in [-0.1, -0.05) is 30.7 Å². The number of benzene rings is 1. The van der Waals surface area contributed by atoms with E-state index >= 15 is 0 Å². The zero-order valence-corrected chi connectivity index (χ0v) is 14.1. The van der Waals surface area contributed by atoms with Crippen LogP contribution in [0.4, 0.5) is 0 Å². The molecule has 0 aliphatic carbocycles. The lowest BCUT2D eigenvalue weighted by Crippen LogP contribution is -2.19. The third-order valence-corrected chi connectivity index (χ3v) is 4.21. The molecule has 0 fully saturated rings. The minimum absolute atomic E-state index is 0.349. The van der Waals surface area contributed by atoms with Crippen LogP contribution in [0.2, 0.25) is 0 Å². The van der Waals surface area contributed by atoms with Gasteiger partial charge in [0.1, 0.15) is 0 Å². The van der Waals surface area contributed by atoms with Crippen molar-refractivity contribution in [2.45, 2.75) is 54.1 Å². The molecule has 0 amide bonds. The van der Waals surface area contributed by atoms with Gasteiger partial charge in [0.25, 0.3) is 0 Å². The standard InChI is InChI=1S/C18H27N3/c1-7-19-14(4)18-15(5)20-21(16(18)6)11-17-10-12(2)8-9-13(17)3/h8-10,14,19H,7,11H2,1-6H3. The first-order chi connectivity index (χ1) is 9.93. The number of aromatic nitrogens is 2. The van der Waals surface area contributed by atoms with Crippen LogP contribution in [0.1, 0.15) is 53.5 Å². The largest absolute Gasteiger partial charge is 0.310 e. The van der Waals surface area contributed by atoms with Crippen LogP contribution < -0.4 is 5.32 Å². The molecular weight excluding hydrogens is 258 g/mol. The van der Waals surface area contributed by atoms with Crippen molar-refractivity contribution in [2.24, 2.45) is 0 Å². The summed E-state index contributed by atoms with van der Waals surface area (Å²) >= 11 is 0. The van der Waals surface area contributed by atoms with E-state index in [0.29, 0.717) is 6.04 Å². The number of rotatable bonds is 5. The summed E-state index contributed by atoms with van der Waals surface area (Å²) in [5.74, 6) is 0. The normalized spacial score (nSPS) is 12.7.